The van der Waals surface area contributed by atoms with Crippen LogP contribution in [0.25, 0.3) is 0 Å². The van der Waals surface area contributed by atoms with Crippen molar-refractivity contribution >= 4 is 17.7 Å². The van der Waals surface area contributed by atoms with Gasteiger partial charge in [0.15, 0.2) is 0 Å². The third kappa shape index (κ3) is 4.44. The zero-order chi connectivity index (χ0) is 12.9. The summed E-state index contributed by atoms with van der Waals surface area (Å²) in [5.41, 5.74) is -1.16. The number of amides is 1. The van der Waals surface area contributed by atoms with Gasteiger partial charge in [-0.15, -0.1) is 0 Å². The van der Waals surface area contributed by atoms with Crippen molar-refractivity contribution < 1.29 is 14.3 Å². The summed E-state index contributed by atoms with van der Waals surface area (Å²) < 4.78 is 5.13. The lowest BCUT2D eigenvalue weighted by Gasteiger charge is -2.21. The molecule has 0 aliphatic heterocycles. The van der Waals surface area contributed by atoms with Gasteiger partial charge < -0.3 is 14.8 Å². The standard InChI is InChI=1S/C12H19NO3S/c1-9(17-3)7-11(14)13-8-12(2,15)10-5-4-6-16-10/h4-6,9,15H,7-8H2,1-3H3,(H,13,14). The van der Waals surface area contributed by atoms with Crippen LogP contribution in [0.1, 0.15) is 26.0 Å². The molecule has 1 aromatic rings. The summed E-state index contributed by atoms with van der Waals surface area (Å²) in [5, 5.41) is 13.1. The molecule has 5 heteroatoms. The maximum atomic E-state index is 11.6. The number of aliphatic hydroxyl groups is 1. The summed E-state index contributed by atoms with van der Waals surface area (Å²) in [7, 11) is 0. The molecule has 2 atom stereocenters. The van der Waals surface area contributed by atoms with E-state index in [-0.39, 0.29) is 17.7 Å². The SMILES string of the molecule is CSC(C)CC(=O)NCC(C)(O)c1ccco1. The van der Waals surface area contributed by atoms with Crippen molar-refractivity contribution in [3.05, 3.63) is 24.2 Å². The first-order valence-corrected chi connectivity index (χ1v) is 6.80. The van der Waals surface area contributed by atoms with Crippen LogP contribution < -0.4 is 5.32 Å². The van der Waals surface area contributed by atoms with Gasteiger partial charge in [0.25, 0.3) is 0 Å². The molecule has 17 heavy (non-hydrogen) atoms. The van der Waals surface area contributed by atoms with Crippen LogP contribution in [0.4, 0.5) is 0 Å². The Morgan fingerprint density at radius 3 is 2.94 bits per heavy atom. The number of hydrogen-bond acceptors (Lipinski definition) is 4. The highest BCUT2D eigenvalue weighted by molar-refractivity contribution is 7.99. The first-order valence-electron chi connectivity index (χ1n) is 5.51. The van der Waals surface area contributed by atoms with Gasteiger partial charge in [-0.3, -0.25) is 4.79 Å². The summed E-state index contributed by atoms with van der Waals surface area (Å²) in [6, 6.07) is 3.40. The van der Waals surface area contributed by atoms with E-state index in [1.54, 1.807) is 30.8 Å². The van der Waals surface area contributed by atoms with E-state index in [9.17, 15) is 9.90 Å². The summed E-state index contributed by atoms with van der Waals surface area (Å²) in [6.45, 7) is 3.76. The van der Waals surface area contributed by atoms with Gasteiger partial charge in [0.2, 0.25) is 5.91 Å². The highest BCUT2D eigenvalue weighted by Crippen LogP contribution is 2.19. The molecule has 0 aliphatic carbocycles. The van der Waals surface area contributed by atoms with Crippen LogP contribution in [-0.4, -0.2) is 29.1 Å². The highest BCUT2D eigenvalue weighted by atomic mass is 32.2. The Morgan fingerprint density at radius 2 is 2.41 bits per heavy atom. The van der Waals surface area contributed by atoms with Gasteiger partial charge in [0.1, 0.15) is 11.4 Å². The summed E-state index contributed by atoms with van der Waals surface area (Å²) in [4.78, 5) is 11.6. The number of nitrogens with one attached hydrogen (secondary N) is 1. The molecule has 0 aromatic carbocycles. The van der Waals surface area contributed by atoms with E-state index in [0.29, 0.717) is 12.2 Å². The molecule has 1 amide bonds. The maximum absolute atomic E-state index is 11.6. The van der Waals surface area contributed by atoms with Crippen LogP contribution in [-0.2, 0) is 10.4 Å². The Kier molecular flexibility index (Phi) is 5.08. The normalized spacial score (nSPS) is 16.2. The molecule has 0 aliphatic rings. The lowest BCUT2D eigenvalue weighted by molar-refractivity contribution is -0.122. The second-order valence-electron chi connectivity index (χ2n) is 4.28. The lowest BCUT2D eigenvalue weighted by atomic mass is 10.0. The second-order valence-corrected chi connectivity index (χ2v) is 5.55. The average Bonchev–Trinajstić information content (AvgIpc) is 2.80. The zero-order valence-corrected chi connectivity index (χ0v) is 11.2. The van der Waals surface area contributed by atoms with Gasteiger partial charge >= 0.3 is 0 Å². The molecule has 0 saturated heterocycles. The zero-order valence-electron chi connectivity index (χ0n) is 10.4. The first-order chi connectivity index (χ1) is 7.95. The predicted octanol–water partition coefficient (Wildman–Crippen LogP) is 1.74. The number of carbonyl (C=O) groups excluding carboxylic acids is 1. The molecule has 1 aromatic heterocycles. The molecule has 0 spiro atoms. The van der Waals surface area contributed by atoms with Crippen LogP contribution in [0.5, 0.6) is 0 Å². The molecule has 4 nitrogen and oxygen atoms in total. The molecule has 0 bridgehead atoms. The molecule has 0 fully saturated rings. The Morgan fingerprint density at radius 1 is 1.71 bits per heavy atom. The fourth-order valence-electron chi connectivity index (χ4n) is 1.36. The van der Waals surface area contributed by atoms with E-state index in [4.69, 9.17) is 4.42 Å². The largest absolute Gasteiger partial charge is 0.466 e. The third-order valence-electron chi connectivity index (χ3n) is 2.56. The van der Waals surface area contributed by atoms with E-state index in [2.05, 4.69) is 5.32 Å². The van der Waals surface area contributed by atoms with Crippen LogP contribution in [0.2, 0.25) is 0 Å². The maximum Gasteiger partial charge on any atom is 0.221 e. The molecule has 0 radical (unpaired) electrons. The van der Waals surface area contributed by atoms with Crippen LogP contribution in [0, 0.1) is 0 Å². The summed E-state index contributed by atoms with van der Waals surface area (Å²) in [5.74, 6) is 0.398. The number of thioether (sulfide) groups is 1. The number of hydrogen-bond donors (Lipinski definition) is 2. The number of rotatable bonds is 6. The first kappa shape index (κ1) is 14.1. The summed E-state index contributed by atoms with van der Waals surface area (Å²) >= 11 is 1.64. The topological polar surface area (TPSA) is 62.5 Å². The molecule has 2 unspecified atom stereocenters. The molecule has 96 valence electrons. The van der Waals surface area contributed by atoms with E-state index in [1.165, 1.54) is 6.26 Å². The summed E-state index contributed by atoms with van der Waals surface area (Å²) in [6.07, 6.45) is 3.92. The van der Waals surface area contributed by atoms with Gasteiger partial charge in [-0.1, -0.05) is 6.92 Å². The minimum atomic E-state index is -1.16. The average molecular weight is 257 g/mol. The van der Waals surface area contributed by atoms with Crippen molar-refractivity contribution in [2.45, 2.75) is 31.1 Å². The minimum absolute atomic E-state index is 0.0568. The van der Waals surface area contributed by atoms with Gasteiger partial charge in [0, 0.05) is 11.7 Å². The Hall–Kier alpha value is -0.940. The fraction of sp³-hybridized carbons (Fsp3) is 0.583. The predicted molar refractivity (Wildman–Crippen MR) is 68.9 cm³/mol. The molecule has 0 saturated carbocycles. The Balaban J connectivity index is 2.42. The quantitative estimate of drug-likeness (QED) is 0.815. The molecular formula is C12H19NO3S. The second kappa shape index (κ2) is 6.12. The third-order valence-corrected chi connectivity index (χ3v) is 3.53. The molecular weight excluding hydrogens is 238 g/mol. The van der Waals surface area contributed by atoms with Gasteiger partial charge in [0.05, 0.1) is 12.8 Å². The van der Waals surface area contributed by atoms with E-state index in [1.807, 2.05) is 13.2 Å². The molecule has 1 heterocycles. The van der Waals surface area contributed by atoms with Crippen molar-refractivity contribution in [1.29, 1.82) is 0 Å². The number of furan rings is 1. The van der Waals surface area contributed by atoms with Crippen molar-refractivity contribution in [1.82, 2.24) is 5.32 Å². The van der Waals surface area contributed by atoms with Crippen molar-refractivity contribution in [3.63, 3.8) is 0 Å². The van der Waals surface area contributed by atoms with Crippen molar-refractivity contribution in [2.75, 3.05) is 12.8 Å². The Bertz CT molecular complexity index is 349. The van der Waals surface area contributed by atoms with Crippen LogP contribution >= 0.6 is 11.8 Å². The Labute approximate surface area is 106 Å². The van der Waals surface area contributed by atoms with Crippen LogP contribution in [0.15, 0.2) is 22.8 Å². The van der Waals surface area contributed by atoms with Crippen molar-refractivity contribution in [2.24, 2.45) is 0 Å². The molecule has 1 rings (SSSR count). The van der Waals surface area contributed by atoms with E-state index in [0.717, 1.165) is 0 Å². The van der Waals surface area contributed by atoms with E-state index >= 15 is 0 Å². The lowest BCUT2D eigenvalue weighted by Crippen LogP contribution is -2.39. The van der Waals surface area contributed by atoms with Crippen LogP contribution in [0.3, 0.4) is 0 Å². The van der Waals surface area contributed by atoms with Gasteiger partial charge in [-0.2, -0.15) is 11.8 Å². The van der Waals surface area contributed by atoms with E-state index < -0.39 is 5.60 Å². The minimum Gasteiger partial charge on any atom is -0.466 e. The smallest absolute Gasteiger partial charge is 0.221 e. The van der Waals surface area contributed by atoms with Gasteiger partial charge in [-0.05, 0) is 25.3 Å². The van der Waals surface area contributed by atoms with Gasteiger partial charge in [-0.25, -0.2) is 0 Å². The number of carbonyl (C=O) groups is 1. The monoisotopic (exact) mass is 257 g/mol. The molecule has 2 N–H and O–H groups in total. The van der Waals surface area contributed by atoms with Crippen molar-refractivity contribution in [3.8, 4) is 0 Å². The fourth-order valence-corrected chi connectivity index (χ4v) is 1.68. The highest BCUT2D eigenvalue weighted by Gasteiger charge is 2.26.